The molecule has 1 amide bonds. The number of anilines is 1. The minimum atomic E-state index is -0.0954. The molecule has 0 aliphatic rings. The summed E-state index contributed by atoms with van der Waals surface area (Å²) in [5, 5.41) is 3.00. The van der Waals surface area contributed by atoms with Crippen molar-refractivity contribution in [1.29, 1.82) is 0 Å². The maximum absolute atomic E-state index is 12.2. The number of nitrogens with one attached hydrogen (secondary N) is 1. The summed E-state index contributed by atoms with van der Waals surface area (Å²) in [6.07, 6.45) is 4.34. The molecule has 120 valence electrons. The standard InChI is InChI=1S/C21H25NO/c1-5-18-8-6-7-16(4)21(18)22-20(23)14-11-17-9-12-19(13-10-17)15(2)3/h6-15H,5H2,1-4H3,(H,22,23)/b14-11+. The van der Waals surface area contributed by atoms with Crippen LogP contribution in [-0.4, -0.2) is 5.91 Å². The first-order chi connectivity index (χ1) is 11.0. The zero-order chi connectivity index (χ0) is 16.8. The van der Waals surface area contributed by atoms with Crippen LogP contribution in [0.3, 0.4) is 0 Å². The van der Waals surface area contributed by atoms with E-state index in [9.17, 15) is 4.79 Å². The number of para-hydroxylation sites is 1. The van der Waals surface area contributed by atoms with Gasteiger partial charge in [0, 0.05) is 11.8 Å². The predicted molar refractivity (Wildman–Crippen MR) is 98.8 cm³/mol. The maximum Gasteiger partial charge on any atom is 0.248 e. The van der Waals surface area contributed by atoms with Crippen molar-refractivity contribution >= 4 is 17.7 Å². The van der Waals surface area contributed by atoms with Gasteiger partial charge in [0.25, 0.3) is 0 Å². The average Bonchev–Trinajstić information content (AvgIpc) is 2.55. The Bertz CT molecular complexity index is 696. The van der Waals surface area contributed by atoms with E-state index in [0.717, 1.165) is 28.8 Å². The second-order valence-electron chi connectivity index (χ2n) is 6.11. The van der Waals surface area contributed by atoms with Gasteiger partial charge in [-0.25, -0.2) is 0 Å². The van der Waals surface area contributed by atoms with Crippen molar-refractivity contribution in [3.8, 4) is 0 Å². The van der Waals surface area contributed by atoms with E-state index in [4.69, 9.17) is 0 Å². The molecule has 0 fully saturated rings. The summed E-state index contributed by atoms with van der Waals surface area (Å²) in [5.74, 6) is 0.423. The lowest BCUT2D eigenvalue weighted by Crippen LogP contribution is -2.11. The molecule has 2 aromatic rings. The molecular weight excluding hydrogens is 282 g/mol. The average molecular weight is 307 g/mol. The Balaban J connectivity index is 2.07. The highest BCUT2D eigenvalue weighted by Crippen LogP contribution is 2.21. The van der Waals surface area contributed by atoms with E-state index >= 15 is 0 Å². The van der Waals surface area contributed by atoms with Crippen molar-refractivity contribution in [2.45, 2.75) is 40.0 Å². The van der Waals surface area contributed by atoms with Crippen molar-refractivity contribution in [2.24, 2.45) is 0 Å². The second-order valence-corrected chi connectivity index (χ2v) is 6.11. The smallest absolute Gasteiger partial charge is 0.248 e. The van der Waals surface area contributed by atoms with Gasteiger partial charge in [-0.05, 0) is 47.6 Å². The Morgan fingerprint density at radius 3 is 2.43 bits per heavy atom. The Kier molecular flexibility index (Phi) is 5.75. The minimum Gasteiger partial charge on any atom is -0.322 e. The fourth-order valence-electron chi connectivity index (χ4n) is 2.53. The summed E-state index contributed by atoms with van der Waals surface area (Å²) in [5.41, 5.74) is 5.52. The quantitative estimate of drug-likeness (QED) is 0.743. The Hall–Kier alpha value is -2.35. The molecule has 0 aliphatic heterocycles. The molecule has 0 aromatic heterocycles. The van der Waals surface area contributed by atoms with Crippen LogP contribution in [0.1, 0.15) is 48.9 Å². The zero-order valence-electron chi connectivity index (χ0n) is 14.4. The molecule has 0 bridgehead atoms. The summed E-state index contributed by atoms with van der Waals surface area (Å²) >= 11 is 0. The van der Waals surface area contributed by atoms with Crippen LogP contribution in [-0.2, 0) is 11.2 Å². The van der Waals surface area contributed by atoms with Gasteiger partial charge in [0.05, 0.1) is 0 Å². The molecule has 0 unspecified atom stereocenters. The summed E-state index contributed by atoms with van der Waals surface area (Å²) in [4.78, 5) is 12.2. The molecule has 0 saturated carbocycles. The van der Waals surface area contributed by atoms with Crippen molar-refractivity contribution in [3.63, 3.8) is 0 Å². The topological polar surface area (TPSA) is 29.1 Å². The normalized spacial score (nSPS) is 11.2. The first-order valence-electron chi connectivity index (χ1n) is 8.18. The van der Waals surface area contributed by atoms with Crippen molar-refractivity contribution < 1.29 is 4.79 Å². The third-order valence-electron chi connectivity index (χ3n) is 4.02. The van der Waals surface area contributed by atoms with Crippen molar-refractivity contribution in [3.05, 3.63) is 70.8 Å². The van der Waals surface area contributed by atoms with Crippen LogP contribution in [0.25, 0.3) is 6.08 Å². The van der Waals surface area contributed by atoms with Crippen LogP contribution < -0.4 is 5.32 Å². The van der Waals surface area contributed by atoms with Gasteiger partial charge in [-0.15, -0.1) is 0 Å². The largest absolute Gasteiger partial charge is 0.322 e. The minimum absolute atomic E-state index is 0.0954. The van der Waals surface area contributed by atoms with E-state index in [0.29, 0.717) is 5.92 Å². The molecule has 1 N–H and O–H groups in total. The number of aryl methyl sites for hydroxylation is 2. The van der Waals surface area contributed by atoms with E-state index in [-0.39, 0.29) is 5.91 Å². The first kappa shape index (κ1) is 17.0. The number of benzene rings is 2. The van der Waals surface area contributed by atoms with Gasteiger partial charge in [0.15, 0.2) is 0 Å². The first-order valence-corrected chi connectivity index (χ1v) is 8.18. The van der Waals surface area contributed by atoms with Crippen LogP contribution in [0.5, 0.6) is 0 Å². The van der Waals surface area contributed by atoms with E-state index in [1.165, 1.54) is 5.56 Å². The lowest BCUT2D eigenvalue weighted by molar-refractivity contribution is -0.111. The lowest BCUT2D eigenvalue weighted by atomic mass is 10.0. The molecule has 23 heavy (non-hydrogen) atoms. The Morgan fingerprint density at radius 1 is 1.13 bits per heavy atom. The molecule has 0 spiro atoms. The van der Waals surface area contributed by atoms with Crippen LogP contribution in [0.4, 0.5) is 5.69 Å². The highest BCUT2D eigenvalue weighted by molar-refractivity contribution is 6.02. The van der Waals surface area contributed by atoms with Crippen LogP contribution in [0.15, 0.2) is 48.5 Å². The molecule has 2 heteroatoms. The number of amides is 1. The Labute approximate surface area is 139 Å². The summed E-state index contributed by atoms with van der Waals surface area (Å²) in [6.45, 7) is 8.46. The summed E-state index contributed by atoms with van der Waals surface area (Å²) < 4.78 is 0. The third-order valence-corrected chi connectivity index (χ3v) is 4.02. The molecule has 0 atom stereocenters. The molecule has 0 aliphatic carbocycles. The van der Waals surface area contributed by atoms with Gasteiger partial charge in [-0.1, -0.05) is 63.2 Å². The maximum atomic E-state index is 12.2. The van der Waals surface area contributed by atoms with Crippen LogP contribution >= 0.6 is 0 Å². The third kappa shape index (κ3) is 4.56. The molecular formula is C21H25NO. The molecule has 2 nitrogen and oxygen atoms in total. The number of carbonyl (C=O) groups is 1. The van der Waals surface area contributed by atoms with Gasteiger partial charge >= 0.3 is 0 Å². The number of rotatable bonds is 5. The number of hydrogen-bond acceptors (Lipinski definition) is 1. The highest BCUT2D eigenvalue weighted by Gasteiger charge is 2.06. The fourth-order valence-corrected chi connectivity index (χ4v) is 2.53. The molecule has 0 saturated heterocycles. The summed E-state index contributed by atoms with van der Waals surface area (Å²) in [7, 11) is 0. The second kappa shape index (κ2) is 7.77. The van der Waals surface area contributed by atoms with Gasteiger partial charge < -0.3 is 5.32 Å². The van der Waals surface area contributed by atoms with Crippen molar-refractivity contribution in [2.75, 3.05) is 5.32 Å². The monoisotopic (exact) mass is 307 g/mol. The van der Waals surface area contributed by atoms with E-state index in [1.54, 1.807) is 6.08 Å². The van der Waals surface area contributed by atoms with Crippen LogP contribution in [0, 0.1) is 6.92 Å². The molecule has 2 rings (SSSR count). The number of carbonyl (C=O) groups excluding carboxylic acids is 1. The SMILES string of the molecule is CCc1cccc(C)c1NC(=O)/C=C/c1ccc(C(C)C)cc1. The van der Waals surface area contributed by atoms with E-state index in [2.05, 4.69) is 44.3 Å². The van der Waals surface area contributed by atoms with Gasteiger partial charge in [-0.2, -0.15) is 0 Å². The number of hydrogen-bond donors (Lipinski definition) is 1. The van der Waals surface area contributed by atoms with Crippen molar-refractivity contribution in [1.82, 2.24) is 0 Å². The van der Waals surface area contributed by atoms with Gasteiger partial charge in [0.1, 0.15) is 0 Å². The Morgan fingerprint density at radius 2 is 1.83 bits per heavy atom. The fraction of sp³-hybridized carbons (Fsp3) is 0.286. The van der Waals surface area contributed by atoms with E-state index < -0.39 is 0 Å². The van der Waals surface area contributed by atoms with Gasteiger partial charge in [-0.3, -0.25) is 4.79 Å². The highest BCUT2D eigenvalue weighted by atomic mass is 16.1. The lowest BCUT2D eigenvalue weighted by Gasteiger charge is -2.11. The predicted octanol–water partition coefficient (Wildman–Crippen LogP) is 5.33. The van der Waals surface area contributed by atoms with Gasteiger partial charge in [0.2, 0.25) is 5.91 Å². The van der Waals surface area contributed by atoms with Crippen LogP contribution in [0.2, 0.25) is 0 Å². The molecule has 0 radical (unpaired) electrons. The molecule has 2 aromatic carbocycles. The summed E-state index contributed by atoms with van der Waals surface area (Å²) in [6, 6.07) is 14.4. The molecule has 0 heterocycles. The van der Waals surface area contributed by atoms with E-state index in [1.807, 2.05) is 37.3 Å². The zero-order valence-corrected chi connectivity index (χ0v) is 14.4.